The molecule has 2 aromatic rings. The Labute approximate surface area is 114 Å². The van der Waals surface area contributed by atoms with Crippen molar-refractivity contribution in [1.82, 2.24) is 10.3 Å². The van der Waals surface area contributed by atoms with Gasteiger partial charge in [0.25, 0.3) is 0 Å². The van der Waals surface area contributed by atoms with Crippen LogP contribution in [0, 0.1) is 6.92 Å². The largest absolute Gasteiger partial charge is 0.439 e. The van der Waals surface area contributed by atoms with E-state index in [1.54, 1.807) is 0 Å². The summed E-state index contributed by atoms with van der Waals surface area (Å²) in [6.07, 6.45) is 2.99. The van der Waals surface area contributed by atoms with Crippen LogP contribution in [0.4, 0.5) is 0 Å². The minimum atomic E-state index is 0.628. The van der Waals surface area contributed by atoms with Crippen molar-refractivity contribution in [3.8, 4) is 11.6 Å². The standard InChI is InChI=1S/C16H20N2O/c1-3-10-17-11-14-6-9-16(18-12-14)19-15-7-4-13(2)5-8-15/h4-9,12,17H,3,10-11H2,1-2H3. The van der Waals surface area contributed by atoms with Gasteiger partial charge in [-0.2, -0.15) is 0 Å². The highest BCUT2D eigenvalue weighted by atomic mass is 16.5. The molecule has 0 saturated heterocycles. The molecule has 0 aliphatic heterocycles. The molecule has 0 aliphatic carbocycles. The first-order chi connectivity index (χ1) is 9.28. The van der Waals surface area contributed by atoms with Gasteiger partial charge in [0.15, 0.2) is 0 Å². The molecule has 1 N–H and O–H groups in total. The molecule has 3 heteroatoms. The van der Waals surface area contributed by atoms with Crippen LogP contribution in [0.2, 0.25) is 0 Å². The van der Waals surface area contributed by atoms with E-state index in [-0.39, 0.29) is 0 Å². The van der Waals surface area contributed by atoms with Gasteiger partial charge in [0.2, 0.25) is 5.88 Å². The van der Waals surface area contributed by atoms with Crippen LogP contribution in [0.1, 0.15) is 24.5 Å². The molecule has 0 fully saturated rings. The zero-order valence-electron chi connectivity index (χ0n) is 11.5. The highest BCUT2D eigenvalue weighted by Crippen LogP contribution is 2.19. The lowest BCUT2D eigenvalue weighted by molar-refractivity contribution is 0.462. The number of nitrogens with one attached hydrogen (secondary N) is 1. The first-order valence-electron chi connectivity index (χ1n) is 6.68. The molecule has 0 amide bonds. The maximum atomic E-state index is 5.68. The number of aromatic nitrogens is 1. The Morgan fingerprint density at radius 1 is 1.11 bits per heavy atom. The van der Waals surface area contributed by atoms with Crippen molar-refractivity contribution in [2.45, 2.75) is 26.8 Å². The van der Waals surface area contributed by atoms with Crippen LogP contribution in [0.25, 0.3) is 0 Å². The van der Waals surface area contributed by atoms with Crippen LogP contribution in [0.5, 0.6) is 11.6 Å². The second kappa shape index (κ2) is 6.90. The number of ether oxygens (including phenoxy) is 1. The van der Waals surface area contributed by atoms with Gasteiger partial charge < -0.3 is 10.1 Å². The van der Waals surface area contributed by atoms with Crippen molar-refractivity contribution in [2.75, 3.05) is 6.54 Å². The maximum absolute atomic E-state index is 5.68. The van der Waals surface area contributed by atoms with Gasteiger partial charge in [-0.15, -0.1) is 0 Å². The van der Waals surface area contributed by atoms with Crippen LogP contribution in [-0.4, -0.2) is 11.5 Å². The summed E-state index contributed by atoms with van der Waals surface area (Å²) in [5, 5.41) is 3.35. The molecule has 0 atom stereocenters. The van der Waals surface area contributed by atoms with Crippen molar-refractivity contribution in [2.24, 2.45) is 0 Å². The minimum absolute atomic E-state index is 0.628. The van der Waals surface area contributed by atoms with E-state index < -0.39 is 0 Å². The molecule has 0 unspecified atom stereocenters. The number of rotatable bonds is 6. The second-order valence-electron chi connectivity index (χ2n) is 4.60. The van der Waals surface area contributed by atoms with E-state index in [9.17, 15) is 0 Å². The number of aryl methyl sites for hydroxylation is 1. The number of pyridine rings is 1. The van der Waals surface area contributed by atoms with Gasteiger partial charge in [-0.3, -0.25) is 0 Å². The van der Waals surface area contributed by atoms with E-state index in [0.717, 1.165) is 25.3 Å². The Kier molecular flexibility index (Phi) is 4.93. The Bertz CT molecular complexity index is 491. The normalized spacial score (nSPS) is 10.4. The van der Waals surface area contributed by atoms with E-state index in [4.69, 9.17) is 4.74 Å². The summed E-state index contributed by atoms with van der Waals surface area (Å²) in [6, 6.07) is 11.9. The highest BCUT2D eigenvalue weighted by molar-refractivity contribution is 5.30. The summed E-state index contributed by atoms with van der Waals surface area (Å²) in [6.45, 7) is 6.09. The number of benzene rings is 1. The predicted octanol–water partition coefficient (Wildman–Crippen LogP) is 3.68. The molecular weight excluding hydrogens is 236 g/mol. The Morgan fingerprint density at radius 3 is 2.53 bits per heavy atom. The maximum Gasteiger partial charge on any atom is 0.219 e. The molecule has 2 rings (SSSR count). The molecular formula is C16H20N2O. The summed E-state index contributed by atoms with van der Waals surface area (Å²) < 4.78 is 5.68. The fraction of sp³-hybridized carbons (Fsp3) is 0.312. The lowest BCUT2D eigenvalue weighted by atomic mass is 10.2. The molecule has 0 radical (unpaired) electrons. The average Bonchev–Trinajstić information content (AvgIpc) is 2.44. The van der Waals surface area contributed by atoms with Crippen molar-refractivity contribution in [3.05, 3.63) is 53.7 Å². The van der Waals surface area contributed by atoms with Crippen molar-refractivity contribution in [3.63, 3.8) is 0 Å². The molecule has 0 bridgehead atoms. The first kappa shape index (κ1) is 13.6. The third kappa shape index (κ3) is 4.38. The van der Waals surface area contributed by atoms with Crippen molar-refractivity contribution >= 4 is 0 Å². The molecule has 0 spiro atoms. The van der Waals surface area contributed by atoms with Crippen LogP contribution >= 0.6 is 0 Å². The van der Waals surface area contributed by atoms with Crippen molar-refractivity contribution in [1.29, 1.82) is 0 Å². The van der Waals surface area contributed by atoms with Gasteiger partial charge in [-0.05, 0) is 37.6 Å². The van der Waals surface area contributed by atoms with Gasteiger partial charge in [-0.1, -0.05) is 30.7 Å². The molecule has 1 aromatic carbocycles. The van der Waals surface area contributed by atoms with Crippen LogP contribution in [0.3, 0.4) is 0 Å². The van der Waals surface area contributed by atoms with E-state index in [1.807, 2.05) is 42.6 Å². The van der Waals surface area contributed by atoms with E-state index >= 15 is 0 Å². The van der Waals surface area contributed by atoms with Gasteiger partial charge in [0.05, 0.1) is 0 Å². The average molecular weight is 256 g/mol. The van der Waals surface area contributed by atoms with E-state index in [1.165, 1.54) is 11.1 Å². The fourth-order valence-electron chi connectivity index (χ4n) is 1.71. The van der Waals surface area contributed by atoms with Gasteiger partial charge >= 0.3 is 0 Å². The zero-order valence-corrected chi connectivity index (χ0v) is 11.5. The van der Waals surface area contributed by atoms with Gasteiger partial charge in [0.1, 0.15) is 5.75 Å². The predicted molar refractivity (Wildman–Crippen MR) is 77.5 cm³/mol. The molecule has 0 saturated carbocycles. The number of hydrogen-bond donors (Lipinski definition) is 1. The summed E-state index contributed by atoms with van der Waals surface area (Å²) in [4.78, 5) is 4.31. The lowest BCUT2D eigenvalue weighted by Crippen LogP contribution is -2.13. The molecule has 0 aliphatic rings. The highest BCUT2D eigenvalue weighted by Gasteiger charge is 1.99. The molecule has 1 aromatic heterocycles. The molecule has 3 nitrogen and oxygen atoms in total. The third-order valence-corrected chi connectivity index (χ3v) is 2.80. The second-order valence-corrected chi connectivity index (χ2v) is 4.60. The Balaban J connectivity index is 1.92. The third-order valence-electron chi connectivity index (χ3n) is 2.80. The van der Waals surface area contributed by atoms with Crippen LogP contribution in [0.15, 0.2) is 42.6 Å². The topological polar surface area (TPSA) is 34.1 Å². The van der Waals surface area contributed by atoms with E-state index in [0.29, 0.717) is 5.88 Å². The van der Waals surface area contributed by atoms with Crippen LogP contribution < -0.4 is 10.1 Å². The summed E-state index contributed by atoms with van der Waals surface area (Å²) in [7, 11) is 0. The Morgan fingerprint density at radius 2 is 1.89 bits per heavy atom. The minimum Gasteiger partial charge on any atom is -0.439 e. The number of nitrogens with zero attached hydrogens (tertiary/aromatic N) is 1. The van der Waals surface area contributed by atoms with Crippen LogP contribution in [-0.2, 0) is 6.54 Å². The summed E-state index contributed by atoms with van der Waals surface area (Å²) in [5.41, 5.74) is 2.39. The lowest BCUT2D eigenvalue weighted by Gasteiger charge is -2.06. The summed E-state index contributed by atoms with van der Waals surface area (Å²) >= 11 is 0. The SMILES string of the molecule is CCCNCc1ccc(Oc2ccc(C)cc2)nc1. The van der Waals surface area contributed by atoms with Gasteiger partial charge in [-0.25, -0.2) is 4.98 Å². The smallest absolute Gasteiger partial charge is 0.219 e. The van der Waals surface area contributed by atoms with E-state index in [2.05, 4.69) is 24.1 Å². The molecule has 19 heavy (non-hydrogen) atoms. The quantitative estimate of drug-likeness (QED) is 0.800. The van der Waals surface area contributed by atoms with Crippen molar-refractivity contribution < 1.29 is 4.74 Å². The Hall–Kier alpha value is -1.87. The molecule has 100 valence electrons. The zero-order chi connectivity index (χ0) is 13.5. The fourth-order valence-corrected chi connectivity index (χ4v) is 1.71. The summed E-state index contributed by atoms with van der Waals surface area (Å²) in [5.74, 6) is 1.44. The van der Waals surface area contributed by atoms with Gasteiger partial charge in [0, 0.05) is 18.8 Å². The molecule has 1 heterocycles. The number of hydrogen-bond acceptors (Lipinski definition) is 3. The monoisotopic (exact) mass is 256 g/mol. The first-order valence-corrected chi connectivity index (χ1v) is 6.68.